The number of aliphatic hydroxyl groups is 1. The average Bonchev–Trinajstić information content (AvgIpc) is 2.99. The summed E-state index contributed by atoms with van der Waals surface area (Å²) in [6.07, 6.45) is 2.71. The van der Waals surface area contributed by atoms with Crippen molar-refractivity contribution in [3.8, 4) is 11.3 Å². The summed E-state index contributed by atoms with van der Waals surface area (Å²) in [4.78, 5) is 0. The van der Waals surface area contributed by atoms with E-state index in [9.17, 15) is 13.5 Å². The fourth-order valence-electron chi connectivity index (χ4n) is 2.78. The van der Waals surface area contributed by atoms with Crippen molar-refractivity contribution in [1.29, 1.82) is 0 Å². The second kappa shape index (κ2) is 8.09. The van der Waals surface area contributed by atoms with Gasteiger partial charge in [-0.05, 0) is 11.1 Å². The van der Waals surface area contributed by atoms with Crippen LogP contribution >= 0.6 is 0 Å². The first-order chi connectivity index (χ1) is 12.2. The van der Waals surface area contributed by atoms with Crippen LogP contribution in [0.1, 0.15) is 16.7 Å². The molecule has 0 amide bonds. The maximum absolute atomic E-state index is 10.9. The van der Waals surface area contributed by atoms with Crippen LogP contribution in [-0.4, -0.2) is 29.9 Å². The molecule has 1 N–H and O–H groups in total. The number of hydrogen-bond acceptors (Lipinski definition) is 4. The highest BCUT2D eigenvalue weighted by atomic mass is 32.2. The highest BCUT2D eigenvalue weighted by Gasteiger charge is 2.12. The van der Waals surface area contributed by atoms with Gasteiger partial charge in [-0.15, -0.1) is 0 Å². The van der Waals surface area contributed by atoms with Gasteiger partial charge in [0.05, 0.1) is 24.6 Å². The van der Waals surface area contributed by atoms with Gasteiger partial charge in [-0.2, -0.15) is 5.10 Å². The summed E-state index contributed by atoms with van der Waals surface area (Å²) in [6, 6.07) is 17.6. The maximum atomic E-state index is 10.9. The van der Waals surface area contributed by atoms with Crippen molar-refractivity contribution in [3.05, 3.63) is 77.5 Å². The van der Waals surface area contributed by atoms with E-state index in [1.807, 2.05) is 48.7 Å². The number of benzene rings is 2. The summed E-state index contributed by atoms with van der Waals surface area (Å²) in [5.41, 5.74) is 4.82. The van der Waals surface area contributed by atoms with Gasteiger partial charge in [0.25, 0.3) is 0 Å². The van der Waals surface area contributed by atoms with Gasteiger partial charge >= 0.3 is 0 Å². The zero-order valence-corrected chi connectivity index (χ0v) is 14.6. The lowest BCUT2D eigenvalue weighted by Crippen LogP contribution is -2.02. The highest BCUT2D eigenvalue weighted by molar-refractivity contribution is 7.71. The molecule has 0 spiro atoms. The third-order valence-electron chi connectivity index (χ3n) is 3.94. The van der Waals surface area contributed by atoms with Crippen LogP contribution in [0.15, 0.2) is 60.8 Å². The van der Waals surface area contributed by atoms with E-state index in [1.165, 1.54) is 5.56 Å². The van der Waals surface area contributed by atoms with E-state index in [0.29, 0.717) is 6.54 Å². The molecule has 1 heterocycles. The molecule has 6 heteroatoms. The summed E-state index contributed by atoms with van der Waals surface area (Å²) in [6.45, 7) is 0.470. The van der Waals surface area contributed by atoms with Crippen LogP contribution in [0.3, 0.4) is 0 Å². The van der Waals surface area contributed by atoms with Crippen LogP contribution in [0.5, 0.6) is 0 Å². The zero-order chi connectivity index (χ0) is 17.6. The molecule has 1 aromatic heterocycles. The number of thiol groups is 1. The van der Waals surface area contributed by atoms with Crippen molar-refractivity contribution in [2.45, 2.75) is 18.7 Å². The largest absolute Gasteiger partial charge is 0.394 e. The SMILES string of the molecule is O=[SH](=O)Cc1ccc(-c2nn(CCO)cc2Cc2ccccc2)cc1. The van der Waals surface area contributed by atoms with Crippen molar-refractivity contribution in [2.75, 3.05) is 6.61 Å². The molecule has 0 saturated heterocycles. The molecular weight excluding hydrogens is 336 g/mol. The van der Waals surface area contributed by atoms with Gasteiger partial charge in [-0.3, -0.25) is 4.68 Å². The van der Waals surface area contributed by atoms with Gasteiger partial charge in [-0.1, -0.05) is 54.6 Å². The molecule has 0 aliphatic rings. The number of hydrogen-bond donors (Lipinski definition) is 2. The Hall–Kier alpha value is -2.44. The summed E-state index contributed by atoms with van der Waals surface area (Å²) in [7, 11) is -2.43. The number of rotatable bonds is 7. The molecule has 25 heavy (non-hydrogen) atoms. The summed E-state index contributed by atoms with van der Waals surface area (Å²) in [5, 5.41) is 13.8. The smallest absolute Gasteiger partial charge is 0.144 e. The Labute approximate surface area is 148 Å². The fourth-order valence-corrected chi connectivity index (χ4v) is 3.29. The van der Waals surface area contributed by atoms with Crippen molar-refractivity contribution >= 4 is 10.7 Å². The van der Waals surface area contributed by atoms with E-state index >= 15 is 0 Å². The summed E-state index contributed by atoms with van der Waals surface area (Å²) >= 11 is 0. The number of nitrogens with zero attached hydrogens (tertiary/aromatic N) is 2. The Morgan fingerprint density at radius 1 is 0.960 bits per heavy atom. The lowest BCUT2D eigenvalue weighted by molar-refractivity contribution is 0.269. The number of aromatic nitrogens is 2. The predicted molar refractivity (Wildman–Crippen MR) is 98.0 cm³/mol. The normalized spacial score (nSPS) is 11.1. The molecule has 0 aliphatic carbocycles. The van der Waals surface area contributed by atoms with E-state index in [-0.39, 0.29) is 12.4 Å². The minimum atomic E-state index is -2.43. The van der Waals surface area contributed by atoms with E-state index in [2.05, 4.69) is 17.2 Å². The Bertz CT molecular complexity index is 892. The molecule has 0 atom stereocenters. The second-order valence-corrected chi connectivity index (χ2v) is 6.82. The molecule has 0 bridgehead atoms. The van der Waals surface area contributed by atoms with Crippen molar-refractivity contribution < 1.29 is 13.5 Å². The summed E-state index contributed by atoms with van der Waals surface area (Å²) in [5.74, 6) is 0.0471. The Morgan fingerprint density at radius 3 is 2.32 bits per heavy atom. The topological polar surface area (TPSA) is 72.2 Å². The van der Waals surface area contributed by atoms with Gasteiger partial charge in [0.2, 0.25) is 0 Å². The average molecular weight is 356 g/mol. The molecule has 130 valence electrons. The molecular formula is C19H20N2O3S. The van der Waals surface area contributed by atoms with E-state index < -0.39 is 10.7 Å². The van der Waals surface area contributed by atoms with Gasteiger partial charge in [0.15, 0.2) is 0 Å². The first kappa shape index (κ1) is 17.4. The number of aliphatic hydroxyl groups excluding tert-OH is 1. The van der Waals surface area contributed by atoms with Crippen LogP contribution in [0, 0.1) is 0 Å². The van der Waals surface area contributed by atoms with Crippen LogP contribution < -0.4 is 0 Å². The third-order valence-corrected chi connectivity index (χ3v) is 4.57. The van der Waals surface area contributed by atoms with E-state index in [1.54, 1.807) is 4.68 Å². The molecule has 0 fully saturated rings. The quantitative estimate of drug-likeness (QED) is 0.637. The van der Waals surface area contributed by atoms with Crippen molar-refractivity contribution in [3.63, 3.8) is 0 Å². The lowest BCUT2D eigenvalue weighted by atomic mass is 10.0. The maximum Gasteiger partial charge on any atom is 0.144 e. The standard InChI is InChI=1S/C19H20N2O3S/c22-11-10-21-13-18(12-15-4-2-1-3-5-15)19(20-21)17-8-6-16(7-9-17)14-25(23)24/h1-9,13,22,25H,10-12,14H2. The molecule has 0 radical (unpaired) electrons. The highest BCUT2D eigenvalue weighted by Crippen LogP contribution is 2.25. The second-order valence-electron chi connectivity index (χ2n) is 5.84. The van der Waals surface area contributed by atoms with Gasteiger partial charge in [-0.25, -0.2) is 8.42 Å². The summed E-state index contributed by atoms with van der Waals surface area (Å²) < 4.78 is 23.5. The molecule has 3 aromatic rings. The van der Waals surface area contributed by atoms with Gasteiger partial charge < -0.3 is 5.11 Å². The Morgan fingerprint density at radius 2 is 1.68 bits per heavy atom. The molecule has 2 aromatic carbocycles. The van der Waals surface area contributed by atoms with E-state index in [4.69, 9.17) is 0 Å². The van der Waals surface area contributed by atoms with Crippen LogP contribution in [0.2, 0.25) is 0 Å². The Kier molecular flexibility index (Phi) is 5.63. The minimum Gasteiger partial charge on any atom is -0.394 e. The monoisotopic (exact) mass is 356 g/mol. The van der Waals surface area contributed by atoms with Crippen LogP contribution in [0.25, 0.3) is 11.3 Å². The first-order valence-corrected chi connectivity index (χ1v) is 9.44. The molecule has 3 rings (SSSR count). The molecule has 0 aliphatic heterocycles. The Balaban J connectivity index is 1.93. The van der Waals surface area contributed by atoms with Crippen LogP contribution in [0.4, 0.5) is 0 Å². The molecule has 0 unspecified atom stereocenters. The zero-order valence-electron chi connectivity index (χ0n) is 13.7. The fraction of sp³-hybridized carbons (Fsp3) is 0.211. The predicted octanol–water partition coefficient (Wildman–Crippen LogP) is 2.24. The van der Waals surface area contributed by atoms with E-state index in [0.717, 1.165) is 28.8 Å². The lowest BCUT2D eigenvalue weighted by Gasteiger charge is -2.04. The third kappa shape index (κ3) is 4.55. The molecule has 5 nitrogen and oxygen atoms in total. The van der Waals surface area contributed by atoms with Crippen molar-refractivity contribution in [1.82, 2.24) is 9.78 Å². The minimum absolute atomic E-state index is 0.0291. The van der Waals surface area contributed by atoms with Crippen LogP contribution in [-0.2, 0) is 29.4 Å². The molecule has 0 saturated carbocycles. The van der Waals surface area contributed by atoms with Gasteiger partial charge in [0.1, 0.15) is 10.7 Å². The first-order valence-electron chi connectivity index (χ1n) is 8.08. The van der Waals surface area contributed by atoms with Gasteiger partial charge in [0, 0.05) is 23.7 Å². The van der Waals surface area contributed by atoms with Crippen molar-refractivity contribution in [2.24, 2.45) is 0 Å².